The second-order valence-electron chi connectivity index (χ2n) is 4.76. The topological polar surface area (TPSA) is 38.7 Å². The number of benzene rings is 3. The zero-order valence-electron chi connectivity index (χ0n) is 10.7. The van der Waals surface area contributed by atoms with Crippen molar-refractivity contribution in [3.8, 4) is 11.1 Å². The summed E-state index contributed by atoms with van der Waals surface area (Å²) >= 11 is 0. The van der Waals surface area contributed by atoms with Gasteiger partial charge in [0.2, 0.25) is 0 Å². The molecule has 3 nitrogen and oxygen atoms in total. The van der Waals surface area contributed by atoms with Gasteiger partial charge in [0.05, 0.1) is 12.4 Å². The molecule has 0 aliphatic carbocycles. The van der Waals surface area contributed by atoms with E-state index >= 15 is 0 Å². The van der Waals surface area contributed by atoms with Crippen LogP contribution >= 0.6 is 0 Å². The van der Waals surface area contributed by atoms with Gasteiger partial charge in [0.15, 0.2) is 0 Å². The van der Waals surface area contributed by atoms with Gasteiger partial charge in [-0.15, -0.1) is 10.2 Å². The van der Waals surface area contributed by atoms with Gasteiger partial charge < -0.3 is 0 Å². The summed E-state index contributed by atoms with van der Waals surface area (Å²) in [5.74, 6) is 0. The van der Waals surface area contributed by atoms with Crippen molar-refractivity contribution in [2.75, 3.05) is 0 Å². The number of rotatable bonds is 1. The van der Waals surface area contributed by atoms with Crippen LogP contribution in [0.5, 0.6) is 0 Å². The van der Waals surface area contributed by atoms with E-state index < -0.39 is 0 Å². The lowest BCUT2D eigenvalue weighted by molar-refractivity contribution is 0.867. The monoisotopic (exact) mass is 257 g/mol. The minimum absolute atomic E-state index is 0.987. The van der Waals surface area contributed by atoms with Gasteiger partial charge in [-0.3, -0.25) is 0 Å². The van der Waals surface area contributed by atoms with E-state index in [1.807, 2.05) is 0 Å². The van der Waals surface area contributed by atoms with Crippen molar-refractivity contribution >= 4 is 21.5 Å². The first-order valence-electron chi connectivity index (χ1n) is 6.47. The maximum absolute atomic E-state index is 3.87. The van der Waals surface area contributed by atoms with Gasteiger partial charge in [0.1, 0.15) is 0 Å². The van der Waals surface area contributed by atoms with E-state index in [1.54, 1.807) is 12.4 Å². The second-order valence-corrected chi connectivity index (χ2v) is 4.76. The van der Waals surface area contributed by atoms with Crippen LogP contribution in [0, 0.1) is 0 Å². The Bertz CT molecular complexity index is 901. The van der Waals surface area contributed by atoms with Gasteiger partial charge >= 0.3 is 0 Å². The van der Waals surface area contributed by atoms with Gasteiger partial charge in [-0.2, -0.15) is 0 Å². The molecule has 3 aromatic carbocycles. The lowest BCUT2D eigenvalue weighted by atomic mass is 9.97. The highest BCUT2D eigenvalue weighted by molar-refractivity contribution is 6.04. The first kappa shape index (κ1) is 11.1. The van der Waals surface area contributed by atoms with Crippen molar-refractivity contribution < 1.29 is 0 Å². The lowest BCUT2D eigenvalue weighted by Gasteiger charge is -2.07. The molecule has 0 aliphatic rings. The van der Waals surface area contributed by atoms with E-state index in [0.29, 0.717) is 0 Å². The third kappa shape index (κ3) is 1.72. The molecule has 94 valence electrons. The summed E-state index contributed by atoms with van der Waals surface area (Å²) in [4.78, 5) is 0. The van der Waals surface area contributed by atoms with Gasteiger partial charge in [-0.1, -0.05) is 42.5 Å². The van der Waals surface area contributed by atoms with Crippen molar-refractivity contribution in [2.24, 2.45) is 0 Å². The summed E-state index contributed by atoms with van der Waals surface area (Å²) in [6, 6.07) is 19.1. The molecule has 0 saturated heterocycles. The standard InChI is InChI=1S/C17H11N3/c1-2-5-13-9-17-14(8-12(13)4-1)6-3-7-16(17)15-10-18-20-19-11-15/h1-11H. The molecule has 0 saturated carbocycles. The van der Waals surface area contributed by atoms with Gasteiger partial charge in [-0.25, -0.2) is 0 Å². The van der Waals surface area contributed by atoms with E-state index in [9.17, 15) is 0 Å². The normalized spacial score (nSPS) is 11.0. The SMILES string of the molecule is c1ccc2cc3c(-c4cnnnc4)cccc3cc2c1. The van der Waals surface area contributed by atoms with Crippen LogP contribution in [0.25, 0.3) is 32.7 Å². The largest absolute Gasteiger partial charge is 0.138 e. The zero-order chi connectivity index (χ0) is 13.4. The zero-order valence-corrected chi connectivity index (χ0v) is 10.7. The van der Waals surface area contributed by atoms with Gasteiger partial charge in [0.25, 0.3) is 0 Å². The minimum Gasteiger partial charge on any atom is -0.138 e. The Morgan fingerprint density at radius 2 is 1.35 bits per heavy atom. The third-order valence-corrected chi connectivity index (χ3v) is 3.55. The Morgan fingerprint density at radius 1 is 0.650 bits per heavy atom. The molecule has 0 fully saturated rings. The van der Waals surface area contributed by atoms with E-state index in [2.05, 4.69) is 70.0 Å². The molecule has 0 atom stereocenters. The summed E-state index contributed by atoms with van der Waals surface area (Å²) < 4.78 is 0. The van der Waals surface area contributed by atoms with Crippen LogP contribution < -0.4 is 0 Å². The van der Waals surface area contributed by atoms with Crippen LogP contribution in [0.1, 0.15) is 0 Å². The van der Waals surface area contributed by atoms with Crippen molar-refractivity contribution in [3.05, 3.63) is 67.0 Å². The summed E-state index contributed by atoms with van der Waals surface area (Å²) in [6.45, 7) is 0. The molecule has 4 aromatic rings. The number of hydrogen-bond donors (Lipinski definition) is 0. The third-order valence-electron chi connectivity index (χ3n) is 3.55. The summed E-state index contributed by atoms with van der Waals surface area (Å²) in [7, 11) is 0. The first-order valence-corrected chi connectivity index (χ1v) is 6.47. The maximum atomic E-state index is 3.87. The second kappa shape index (κ2) is 4.38. The molecule has 0 N–H and O–H groups in total. The predicted molar refractivity (Wildman–Crippen MR) is 80.3 cm³/mol. The number of nitrogens with zero attached hydrogens (tertiary/aromatic N) is 3. The number of aromatic nitrogens is 3. The van der Waals surface area contributed by atoms with E-state index in [4.69, 9.17) is 0 Å². The average molecular weight is 257 g/mol. The van der Waals surface area contributed by atoms with E-state index in [-0.39, 0.29) is 0 Å². The Kier molecular flexibility index (Phi) is 2.42. The predicted octanol–water partition coefficient (Wildman–Crippen LogP) is 3.85. The van der Waals surface area contributed by atoms with Crippen molar-refractivity contribution in [1.82, 2.24) is 15.4 Å². The van der Waals surface area contributed by atoms with Crippen molar-refractivity contribution in [2.45, 2.75) is 0 Å². The van der Waals surface area contributed by atoms with Crippen LogP contribution in [-0.4, -0.2) is 15.4 Å². The number of hydrogen-bond acceptors (Lipinski definition) is 3. The number of fused-ring (bicyclic) bond motifs is 2. The fourth-order valence-electron chi connectivity index (χ4n) is 2.60. The molecule has 0 aliphatic heterocycles. The molecule has 0 unspecified atom stereocenters. The highest BCUT2D eigenvalue weighted by atomic mass is 15.3. The maximum Gasteiger partial charge on any atom is 0.0608 e. The Labute approximate surface area is 115 Å². The summed E-state index contributed by atoms with van der Waals surface area (Å²) in [5, 5.41) is 16.3. The van der Waals surface area contributed by atoms with Crippen LogP contribution in [0.15, 0.2) is 67.0 Å². The van der Waals surface area contributed by atoms with Crippen LogP contribution in [0.2, 0.25) is 0 Å². The molecule has 0 bridgehead atoms. The molecule has 1 heterocycles. The first-order chi connectivity index (χ1) is 9.92. The van der Waals surface area contributed by atoms with Crippen LogP contribution in [0.3, 0.4) is 0 Å². The molecule has 0 radical (unpaired) electrons. The van der Waals surface area contributed by atoms with Crippen molar-refractivity contribution in [3.63, 3.8) is 0 Å². The molecule has 4 rings (SSSR count). The Hall–Kier alpha value is -2.81. The fourth-order valence-corrected chi connectivity index (χ4v) is 2.60. The fraction of sp³-hybridized carbons (Fsp3) is 0. The summed E-state index contributed by atoms with van der Waals surface area (Å²) in [6.07, 6.45) is 3.49. The minimum atomic E-state index is 0.987. The smallest absolute Gasteiger partial charge is 0.0608 e. The van der Waals surface area contributed by atoms with Crippen LogP contribution in [-0.2, 0) is 0 Å². The quantitative estimate of drug-likeness (QED) is 0.486. The molecule has 3 heteroatoms. The average Bonchev–Trinajstić information content (AvgIpc) is 2.53. The highest BCUT2D eigenvalue weighted by Gasteiger charge is 2.05. The molecular formula is C17H11N3. The Balaban J connectivity index is 2.09. The highest BCUT2D eigenvalue weighted by Crippen LogP contribution is 2.30. The molecule has 1 aromatic heterocycles. The molecular weight excluding hydrogens is 246 g/mol. The Morgan fingerprint density at radius 3 is 2.15 bits per heavy atom. The van der Waals surface area contributed by atoms with E-state index in [0.717, 1.165) is 11.1 Å². The molecule has 20 heavy (non-hydrogen) atoms. The van der Waals surface area contributed by atoms with E-state index in [1.165, 1.54) is 21.5 Å². The van der Waals surface area contributed by atoms with Gasteiger partial charge in [0, 0.05) is 5.56 Å². The van der Waals surface area contributed by atoms with Crippen molar-refractivity contribution in [1.29, 1.82) is 0 Å². The lowest BCUT2D eigenvalue weighted by Crippen LogP contribution is -1.88. The molecule has 0 amide bonds. The molecule has 0 spiro atoms. The van der Waals surface area contributed by atoms with Crippen LogP contribution in [0.4, 0.5) is 0 Å². The van der Waals surface area contributed by atoms with Gasteiger partial charge in [-0.05, 0) is 44.5 Å². The summed E-state index contributed by atoms with van der Waals surface area (Å²) in [5.41, 5.74) is 2.12.